The van der Waals surface area contributed by atoms with E-state index in [1.54, 1.807) is 6.07 Å². The number of hydrogen-bond acceptors (Lipinski definition) is 1. The van der Waals surface area contributed by atoms with E-state index < -0.39 is 0 Å². The summed E-state index contributed by atoms with van der Waals surface area (Å²) in [5.74, 6) is -0.226. The summed E-state index contributed by atoms with van der Waals surface area (Å²) < 4.78 is 12.9. The van der Waals surface area contributed by atoms with Gasteiger partial charge in [-0.2, -0.15) is 0 Å². The number of nitrogens with one attached hydrogen (secondary N) is 1. The van der Waals surface area contributed by atoms with E-state index in [4.69, 9.17) is 5.73 Å². The van der Waals surface area contributed by atoms with E-state index in [2.05, 4.69) is 4.98 Å². The first kappa shape index (κ1) is 9.21. The molecule has 1 aromatic carbocycles. The zero-order valence-corrected chi connectivity index (χ0v) is 8.05. The minimum atomic E-state index is -0.226. The van der Waals surface area contributed by atoms with Crippen LogP contribution in [0, 0.1) is 5.82 Å². The number of nitrogens with two attached hydrogens (primary N) is 1. The summed E-state index contributed by atoms with van der Waals surface area (Å²) in [4.78, 5) is 3.02. The molecule has 0 radical (unpaired) electrons. The molecule has 3 N–H and O–H groups in total. The Labute approximate surface area is 81.9 Å². The third kappa shape index (κ3) is 1.40. The van der Waals surface area contributed by atoms with Crippen LogP contribution in [-0.4, -0.2) is 4.98 Å². The molecule has 0 bridgehead atoms. The van der Waals surface area contributed by atoms with Gasteiger partial charge in [0, 0.05) is 23.1 Å². The van der Waals surface area contributed by atoms with Crippen molar-refractivity contribution < 1.29 is 4.39 Å². The number of aromatic nitrogens is 1. The van der Waals surface area contributed by atoms with Crippen LogP contribution in [-0.2, 0) is 0 Å². The van der Waals surface area contributed by atoms with Crippen molar-refractivity contribution in [3.63, 3.8) is 0 Å². The van der Waals surface area contributed by atoms with Crippen LogP contribution in [0.25, 0.3) is 10.9 Å². The summed E-state index contributed by atoms with van der Waals surface area (Å²) in [6.45, 7) is 2.03. The third-order valence-corrected chi connectivity index (χ3v) is 2.52. The Hall–Kier alpha value is -1.35. The molecule has 0 aliphatic heterocycles. The molecule has 0 saturated heterocycles. The number of fused-ring (bicyclic) bond motifs is 1. The van der Waals surface area contributed by atoms with Crippen molar-refractivity contribution in [2.45, 2.75) is 19.4 Å². The van der Waals surface area contributed by atoms with Crippen molar-refractivity contribution in [3.8, 4) is 0 Å². The Kier molecular flexibility index (Phi) is 2.25. The molecule has 0 saturated carbocycles. The molecular weight excluding hydrogens is 179 g/mol. The molecule has 1 heterocycles. The average Bonchev–Trinajstić information content (AvgIpc) is 2.59. The fourth-order valence-corrected chi connectivity index (χ4v) is 1.65. The number of aromatic amines is 1. The zero-order valence-electron chi connectivity index (χ0n) is 8.05. The van der Waals surface area contributed by atoms with Gasteiger partial charge in [0.05, 0.1) is 0 Å². The highest BCUT2D eigenvalue weighted by atomic mass is 19.1. The number of hydrogen-bond donors (Lipinski definition) is 2. The fraction of sp³-hybridized carbons (Fsp3) is 0.273. The Balaban J connectivity index is 2.58. The van der Waals surface area contributed by atoms with Crippen LogP contribution in [0.1, 0.15) is 24.9 Å². The maximum atomic E-state index is 12.9. The Morgan fingerprint density at radius 2 is 2.29 bits per heavy atom. The minimum absolute atomic E-state index is 0.0224. The van der Waals surface area contributed by atoms with E-state index in [-0.39, 0.29) is 11.9 Å². The molecule has 1 aromatic heterocycles. The second kappa shape index (κ2) is 3.42. The molecule has 2 nitrogen and oxygen atoms in total. The second-order valence-electron chi connectivity index (χ2n) is 3.45. The Morgan fingerprint density at radius 3 is 3.00 bits per heavy atom. The molecule has 74 valence electrons. The van der Waals surface area contributed by atoms with Crippen molar-refractivity contribution in [3.05, 3.63) is 35.8 Å². The van der Waals surface area contributed by atoms with Gasteiger partial charge in [-0.15, -0.1) is 0 Å². The molecule has 14 heavy (non-hydrogen) atoms. The van der Waals surface area contributed by atoms with Crippen LogP contribution in [0.4, 0.5) is 4.39 Å². The highest BCUT2D eigenvalue weighted by Gasteiger charge is 2.09. The van der Waals surface area contributed by atoms with Gasteiger partial charge in [0.25, 0.3) is 0 Å². The van der Waals surface area contributed by atoms with Gasteiger partial charge in [-0.3, -0.25) is 0 Å². The number of rotatable bonds is 2. The van der Waals surface area contributed by atoms with Gasteiger partial charge in [-0.1, -0.05) is 6.92 Å². The molecule has 1 unspecified atom stereocenters. The lowest BCUT2D eigenvalue weighted by atomic mass is 10.0. The van der Waals surface area contributed by atoms with Gasteiger partial charge in [-0.05, 0) is 30.2 Å². The summed E-state index contributed by atoms with van der Waals surface area (Å²) in [6.07, 6.45) is 2.74. The van der Waals surface area contributed by atoms with Crippen LogP contribution in [0.5, 0.6) is 0 Å². The van der Waals surface area contributed by atoms with E-state index in [1.165, 1.54) is 12.1 Å². The minimum Gasteiger partial charge on any atom is -0.361 e. The molecule has 0 aliphatic rings. The third-order valence-electron chi connectivity index (χ3n) is 2.52. The van der Waals surface area contributed by atoms with Crippen LogP contribution in [0.15, 0.2) is 24.4 Å². The molecule has 2 rings (SSSR count). The first-order valence-electron chi connectivity index (χ1n) is 4.74. The molecule has 0 amide bonds. The molecule has 0 fully saturated rings. The summed E-state index contributed by atoms with van der Waals surface area (Å²) in [5.41, 5.74) is 7.80. The zero-order chi connectivity index (χ0) is 10.1. The van der Waals surface area contributed by atoms with E-state index >= 15 is 0 Å². The van der Waals surface area contributed by atoms with Gasteiger partial charge in [0.2, 0.25) is 0 Å². The van der Waals surface area contributed by atoms with Gasteiger partial charge in [0.1, 0.15) is 5.82 Å². The van der Waals surface area contributed by atoms with E-state index in [0.29, 0.717) is 0 Å². The largest absolute Gasteiger partial charge is 0.361 e. The highest BCUT2D eigenvalue weighted by molar-refractivity contribution is 5.83. The predicted octanol–water partition coefficient (Wildman–Crippen LogP) is 2.72. The highest BCUT2D eigenvalue weighted by Crippen LogP contribution is 2.24. The molecule has 2 aromatic rings. The standard InChI is InChI=1S/C11H13FN2/c1-2-10(13)9-6-14-11-5-7(12)3-4-8(9)11/h3-6,10,14H,2,13H2,1H3. The van der Waals surface area contributed by atoms with Crippen molar-refractivity contribution in [1.82, 2.24) is 4.98 Å². The fourth-order valence-electron chi connectivity index (χ4n) is 1.65. The number of benzene rings is 1. The first-order chi connectivity index (χ1) is 6.72. The molecule has 0 aliphatic carbocycles. The maximum absolute atomic E-state index is 12.9. The van der Waals surface area contributed by atoms with E-state index in [9.17, 15) is 4.39 Å². The number of halogens is 1. The predicted molar refractivity (Wildman–Crippen MR) is 55.5 cm³/mol. The van der Waals surface area contributed by atoms with Gasteiger partial charge < -0.3 is 10.7 Å². The topological polar surface area (TPSA) is 41.8 Å². The molecule has 1 atom stereocenters. The smallest absolute Gasteiger partial charge is 0.125 e. The van der Waals surface area contributed by atoms with Gasteiger partial charge in [-0.25, -0.2) is 4.39 Å². The lowest BCUT2D eigenvalue weighted by Crippen LogP contribution is -2.07. The second-order valence-corrected chi connectivity index (χ2v) is 3.45. The van der Waals surface area contributed by atoms with E-state index in [0.717, 1.165) is 22.9 Å². The average molecular weight is 192 g/mol. The summed E-state index contributed by atoms with van der Waals surface area (Å²) in [5, 5.41) is 1.01. The summed E-state index contributed by atoms with van der Waals surface area (Å²) >= 11 is 0. The van der Waals surface area contributed by atoms with Crippen LogP contribution in [0.2, 0.25) is 0 Å². The molecule has 3 heteroatoms. The lowest BCUT2D eigenvalue weighted by molar-refractivity contribution is 0.629. The van der Waals surface area contributed by atoms with Crippen molar-refractivity contribution in [2.75, 3.05) is 0 Å². The summed E-state index contributed by atoms with van der Waals surface area (Å²) in [6, 6.07) is 4.74. The van der Waals surface area contributed by atoms with Gasteiger partial charge >= 0.3 is 0 Å². The van der Waals surface area contributed by atoms with E-state index in [1.807, 2.05) is 13.1 Å². The van der Waals surface area contributed by atoms with Crippen molar-refractivity contribution >= 4 is 10.9 Å². The maximum Gasteiger partial charge on any atom is 0.125 e. The van der Waals surface area contributed by atoms with Crippen LogP contribution < -0.4 is 5.73 Å². The van der Waals surface area contributed by atoms with Crippen LogP contribution in [0.3, 0.4) is 0 Å². The lowest BCUT2D eigenvalue weighted by Gasteiger charge is -2.06. The normalized spacial score (nSPS) is 13.4. The Bertz CT molecular complexity index is 447. The van der Waals surface area contributed by atoms with Crippen molar-refractivity contribution in [1.29, 1.82) is 0 Å². The SMILES string of the molecule is CCC(N)c1c[nH]c2cc(F)ccc12. The Morgan fingerprint density at radius 1 is 1.50 bits per heavy atom. The molecule has 0 spiro atoms. The van der Waals surface area contributed by atoms with Gasteiger partial charge in [0.15, 0.2) is 0 Å². The van der Waals surface area contributed by atoms with Crippen molar-refractivity contribution in [2.24, 2.45) is 5.73 Å². The quantitative estimate of drug-likeness (QED) is 0.754. The first-order valence-corrected chi connectivity index (χ1v) is 4.74. The molecular formula is C11H13FN2. The summed E-state index contributed by atoms with van der Waals surface area (Å²) in [7, 11) is 0. The number of H-pyrrole nitrogens is 1. The van der Waals surface area contributed by atoms with Crippen LogP contribution >= 0.6 is 0 Å². The monoisotopic (exact) mass is 192 g/mol.